The zero-order valence-corrected chi connectivity index (χ0v) is 7.95. The van der Waals surface area contributed by atoms with Crippen LogP contribution in [0.3, 0.4) is 0 Å². The van der Waals surface area contributed by atoms with E-state index in [0.29, 0.717) is 17.9 Å². The van der Waals surface area contributed by atoms with Crippen molar-refractivity contribution in [1.82, 2.24) is 15.5 Å². The lowest BCUT2D eigenvalue weighted by atomic mass is 10.2. The molecule has 2 heterocycles. The van der Waals surface area contributed by atoms with Gasteiger partial charge in [-0.1, -0.05) is 5.10 Å². The summed E-state index contributed by atoms with van der Waals surface area (Å²) in [5.41, 5.74) is 0. The van der Waals surface area contributed by atoms with Crippen molar-refractivity contribution in [2.45, 2.75) is 19.9 Å². The predicted octanol–water partition coefficient (Wildman–Crippen LogP) is 0.176. The molecule has 0 spiro atoms. The highest BCUT2D eigenvalue weighted by Gasteiger charge is 2.19. The molecule has 1 saturated heterocycles. The van der Waals surface area contributed by atoms with Crippen molar-refractivity contribution >= 4 is 6.01 Å². The lowest BCUT2D eigenvalue weighted by molar-refractivity contribution is 0.438. The quantitative estimate of drug-likeness (QED) is 0.671. The van der Waals surface area contributed by atoms with Crippen molar-refractivity contribution in [3.8, 4) is 0 Å². The monoisotopic (exact) mass is 182 g/mol. The van der Waals surface area contributed by atoms with E-state index in [0.717, 1.165) is 19.6 Å². The highest BCUT2D eigenvalue weighted by Crippen LogP contribution is 2.13. The molecule has 0 unspecified atom stereocenters. The number of aromatic nitrogens is 2. The Morgan fingerprint density at radius 3 is 3.00 bits per heavy atom. The van der Waals surface area contributed by atoms with Crippen LogP contribution in [0.2, 0.25) is 0 Å². The van der Waals surface area contributed by atoms with Crippen LogP contribution < -0.4 is 10.2 Å². The molecule has 0 aliphatic carbocycles. The Balaban J connectivity index is 2.08. The molecule has 13 heavy (non-hydrogen) atoms. The molecular formula is C8H14N4O. The third-order valence-corrected chi connectivity index (χ3v) is 2.15. The summed E-state index contributed by atoms with van der Waals surface area (Å²) in [5.74, 6) is 0.626. The van der Waals surface area contributed by atoms with Crippen molar-refractivity contribution in [2.24, 2.45) is 0 Å². The van der Waals surface area contributed by atoms with Crippen LogP contribution in [-0.4, -0.2) is 35.9 Å². The molecule has 0 aromatic carbocycles. The Labute approximate surface area is 77.1 Å². The Kier molecular flexibility index (Phi) is 2.18. The molecule has 1 fully saturated rings. The molecule has 0 saturated carbocycles. The van der Waals surface area contributed by atoms with Gasteiger partial charge in [0.1, 0.15) is 0 Å². The molecule has 1 aliphatic rings. The van der Waals surface area contributed by atoms with Gasteiger partial charge in [0.25, 0.3) is 0 Å². The number of rotatable bonds is 1. The van der Waals surface area contributed by atoms with Crippen LogP contribution in [0.15, 0.2) is 4.42 Å². The molecule has 72 valence electrons. The molecule has 0 bridgehead atoms. The van der Waals surface area contributed by atoms with Gasteiger partial charge in [-0.25, -0.2) is 0 Å². The first-order valence-electron chi connectivity index (χ1n) is 4.54. The average molecular weight is 182 g/mol. The highest BCUT2D eigenvalue weighted by atomic mass is 16.4. The van der Waals surface area contributed by atoms with Crippen molar-refractivity contribution in [2.75, 3.05) is 24.5 Å². The molecule has 1 atom stereocenters. The summed E-state index contributed by atoms with van der Waals surface area (Å²) in [6.45, 7) is 6.80. The van der Waals surface area contributed by atoms with Gasteiger partial charge in [0.15, 0.2) is 0 Å². The summed E-state index contributed by atoms with van der Waals surface area (Å²) < 4.78 is 5.35. The van der Waals surface area contributed by atoms with Crippen LogP contribution in [0.1, 0.15) is 12.8 Å². The molecule has 0 amide bonds. The van der Waals surface area contributed by atoms with Crippen molar-refractivity contribution < 1.29 is 4.42 Å². The van der Waals surface area contributed by atoms with Gasteiger partial charge in [-0.2, -0.15) is 0 Å². The van der Waals surface area contributed by atoms with Crippen LogP contribution in [0.25, 0.3) is 0 Å². The van der Waals surface area contributed by atoms with Crippen LogP contribution in [0.4, 0.5) is 6.01 Å². The Morgan fingerprint density at radius 1 is 1.54 bits per heavy atom. The maximum absolute atomic E-state index is 5.35. The minimum absolute atomic E-state index is 0.487. The number of hydrogen-bond donors (Lipinski definition) is 1. The van der Waals surface area contributed by atoms with Crippen LogP contribution >= 0.6 is 0 Å². The van der Waals surface area contributed by atoms with Crippen molar-refractivity contribution in [3.63, 3.8) is 0 Å². The van der Waals surface area contributed by atoms with Crippen LogP contribution in [0.5, 0.6) is 0 Å². The highest BCUT2D eigenvalue weighted by molar-refractivity contribution is 5.25. The van der Waals surface area contributed by atoms with E-state index in [-0.39, 0.29) is 0 Å². The number of piperazine rings is 1. The van der Waals surface area contributed by atoms with E-state index in [1.807, 2.05) is 6.92 Å². The van der Waals surface area contributed by atoms with E-state index in [9.17, 15) is 0 Å². The van der Waals surface area contributed by atoms with Crippen molar-refractivity contribution in [3.05, 3.63) is 5.89 Å². The third-order valence-electron chi connectivity index (χ3n) is 2.15. The molecule has 1 aliphatic heterocycles. The van der Waals surface area contributed by atoms with E-state index < -0.39 is 0 Å². The lowest BCUT2D eigenvalue weighted by Crippen LogP contribution is -2.49. The SMILES string of the molecule is Cc1nnc(N2CCN[C@@H](C)C2)o1. The first-order valence-corrected chi connectivity index (χ1v) is 4.54. The summed E-state index contributed by atoms with van der Waals surface area (Å²) in [7, 11) is 0. The largest absolute Gasteiger partial charge is 0.408 e. The maximum Gasteiger partial charge on any atom is 0.318 e. The third kappa shape index (κ3) is 1.80. The first-order chi connectivity index (χ1) is 6.25. The van der Waals surface area contributed by atoms with Gasteiger partial charge in [0.05, 0.1) is 0 Å². The van der Waals surface area contributed by atoms with Gasteiger partial charge in [-0.15, -0.1) is 5.10 Å². The second kappa shape index (κ2) is 3.33. The first kappa shape index (κ1) is 8.50. The molecule has 1 aromatic rings. The fraction of sp³-hybridized carbons (Fsp3) is 0.750. The Morgan fingerprint density at radius 2 is 2.38 bits per heavy atom. The zero-order chi connectivity index (χ0) is 9.26. The molecule has 0 radical (unpaired) electrons. The lowest BCUT2D eigenvalue weighted by Gasteiger charge is -2.30. The summed E-state index contributed by atoms with van der Waals surface area (Å²) >= 11 is 0. The molecule has 1 aromatic heterocycles. The number of nitrogens with zero attached hydrogens (tertiary/aromatic N) is 3. The standard InChI is InChI=1S/C8H14N4O/c1-6-5-12(4-3-9-6)8-11-10-7(2)13-8/h6,9H,3-5H2,1-2H3/t6-/m0/s1. The minimum atomic E-state index is 0.487. The maximum atomic E-state index is 5.35. The fourth-order valence-corrected chi connectivity index (χ4v) is 1.52. The average Bonchev–Trinajstić information content (AvgIpc) is 2.52. The predicted molar refractivity (Wildman–Crippen MR) is 48.7 cm³/mol. The van der Waals surface area contributed by atoms with Crippen LogP contribution in [-0.2, 0) is 0 Å². The van der Waals surface area contributed by atoms with Gasteiger partial charge >= 0.3 is 6.01 Å². The number of nitrogens with one attached hydrogen (secondary N) is 1. The van der Waals surface area contributed by atoms with E-state index in [1.165, 1.54) is 0 Å². The molecule has 1 N–H and O–H groups in total. The summed E-state index contributed by atoms with van der Waals surface area (Å²) in [6, 6.07) is 1.13. The Bertz CT molecular complexity index is 285. The second-order valence-corrected chi connectivity index (χ2v) is 3.40. The molecular weight excluding hydrogens is 168 g/mol. The van der Waals surface area contributed by atoms with E-state index in [1.54, 1.807) is 0 Å². The van der Waals surface area contributed by atoms with E-state index in [4.69, 9.17) is 4.42 Å². The normalized spacial score (nSPS) is 23.5. The van der Waals surface area contributed by atoms with Gasteiger partial charge in [0, 0.05) is 32.6 Å². The van der Waals surface area contributed by atoms with Gasteiger partial charge in [-0.3, -0.25) is 0 Å². The van der Waals surface area contributed by atoms with Crippen molar-refractivity contribution in [1.29, 1.82) is 0 Å². The summed E-state index contributed by atoms with van der Waals surface area (Å²) in [6.07, 6.45) is 0. The molecule has 5 nitrogen and oxygen atoms in total. The molecule has 2 rings (SSSR count). The second-order valence-electron chi connectivity index (χ2n) is 3.40. The zero-order valence-electron chi connectivity index (χ0n) is 7.95. The number of aryl methyl sites for hydroxylation is 1. The van der Waals surface area contributed by atoms with E-state index in [2.05, 4.69) is 27.3 Å². The van der Waals surface area contributed by atoms with Crippen LogP contribution in [0, 0.1) is 6.92 Å². The Hall–Kier alpha value is -1.10. The van der Waals surface area contributed by atoms with Gasteiger partial charge in [0.2, 0.25) is 5.89 Å². The smallest absolute Gasteiger partial charge is 0.318 e. The minimum Gasteiger partial charge on any atom is -0.408 e. The molecule has 5 heteroatoms. The summed E-state index contributed by atoms with van der Waals surface area (Å²) in [5, 5.41) is 11.2. The number of hydrogen-bond acceptors (Lipinski definition) is 5. The van der Waals surface area contributed by atoms with Gasteiger partial charge < -0.3 is 14.6 Å². The summed E-state index contributed by atoms with van der Waals surface area (Å²) in [4.78, 5) is 2.11. The number of anilines is 1. The fourth-order valence-electron chi connectivity index (χ4n) is 1.52. The topological polar surface area (TPSA) is 54.2 Å². The van der Waals surface area contributed by atoms with E-state index >= 15 is 0 Å². The van der Waals surface area contributed by atoms with Gasteiger partial charge in [-0.05, 0) is 6.92 Å².